The van der Waals surface area contributed by atoms with Gasteiger partial charge >= 0.3 is 0 Å². The van der Waals surface area contributed by atoms with E-state index < -0.39 is 0 Å². The zero-order chi connectivity index (χ0) is 10.7. The Morgan fingerprint density at radius 3 is 2.67 bits per heavy atom. The van der Waals surface area contributed by atoms with Crippen LogP contribution in [0.1, 0.15) is 45.4 Å². The SMILES string of the molecule is C[C@@]1(C(=O)NC2CCCC2)CCCNC1. The van der Waals surface area contributed by atoms with Gasteiger partial charge in [-0.15, -0.1) is 0 Å². The average Bonchev–Trinajstić information content (AvgIpc) is 2.71. The van der Waals surface area contributed by atoms with Crippen LogP contribution in [0.15, 0.2) is 0 Å². The smallest absolute Gasteiger partial charge is 0.227 e. The predicted octanol–water partition coefficient (Wildman–Crippen LogP) is 1.43. The third-order valence-electron chi connectivity index (χ3n) is 3.84. The lowest BCUT2D eigenvalue weighted by Gasteiger charge is -2.33. The Morgan fingerprint density at radius 1 is 1.33 bits per heavy atom. The molecule has 2 rings (SSSR count). The van der Waals surface area contributed by atoms with Crippen LogP contribution in [-0.2, 0) is 4.79 Å². The van der Waals surface area contributed by atoms with E-state index in [0.29, 0.717) is 6.04 Å². The van der Waals surface area contributed by atoms with Crippen molar-refractivity contribution in [3.8, 4) is 0 Å². The quantitative estimate of drug-likeness (QED) is 0.724. The summed E-state index contributed by atoms with van der Waals surface area (Å²) in [7, 11) is 0. The molecule has 0 bridgehead atoms. The molecule has 0 aromatic carbocycles. The lowest BCUT2D eigenvalue weighted by atomic mass is 9.81. The van der Waals surface area contributed by atoms with Gasteiger partial charge in [-0.25, -0.2) is 0 Å². The molecule has 2 N–H and O–H groups in total. The van der Waals surface area contributed by atoms with Crippen molar-refractivity contribution in [2.75, 3.05) is 13.1 Å². The number of hydrogen-bond donors (Lipinski definition) is 2. The van der Waals surface area contributed by atoms with Gasteiger partial charge in [0.15, 0.2) is 0 Å². The number of carbonyl (C=O) groups is 1. The van der Waals surface area contributed by atoms with Gasteiger partial charge in [-0.1, -0.05) is 12.8 Å². The number of carbonyl (C=O) groups excluding carboxylic acids is 1. The maximum Gasteiger partial charge on any atom is 0.227 e. The third kappa shape index (κ3) is 2.51. The summed E-state index contributed by atoms with van der Waals surface area (Å²) in [5.74, 6) is 0.265. The highest BCUT2D eigenvalue weighted by Gasteiger charge is 2.35. The molecule has 0 unspecified atom stereocenters. The minimum absolute atomic E-state index is 0.166. The Morgan fingerprint density at radius 2 is 2.07 bits per heavy atom. The van der Waals surface area contributed by atoms with E-state index in [1.165, 1.54) is 25.7 Å². The van der Waals surface area contributed by atoms with Gasteiger partial charge in [0.2, 0.25) is 5.91 Å². The molecule has 2 aliphatic rings. The second kappa shape index (κ2) is 4.52. The minimum atomic E-state index is -0.166. The molecule has 1 saturated heterocycles. The Bertz CT molecular complexity index is 228. The lowest BCUT2D eigenvalue weighted by molar-refractivity contribution is -0.131. The highest BCUT2D eigenvalue weighted by molar-refractivity contribution is 5.82. The van der Waals surface area contributed by atoms with Gasteiger partial charge in [-0.2, -0.15) is 0 Å². The van der Waals surface area contributed by atoms with Gasteiger partial charge in [0.1, 0.15) is 0 Å². The Hall–Kier alpha value is -0.570. The molecule has 1 aliphatic heterocycles. The van der Waals surface area contributed by atoms with Crippen LogP contribution in [0.2, 0.25) is 0 Å². The van der Waals surface area contributed by atoms with Gasteiger partial charge in [0, 0.05) is 12.6 Å². The van der Waals surface area contributed by atoms with Gasteiger partial charge in [-0.3, -0.25) is 4.79 Å². The van der Waals surface area contributed by atoms with E-state index >= 15 is 0 Å². The maximum atomic E-state index is 12.1. The highest BCUT2D eigenvalue weighted by Crippen LogP contribution is 2.27. The number of nitrogens with one attached hydrogen (secondary N) is 2. The second-order valence-corrected chi connectivity index (χ2v) is 5.30. The predicted molar refractivity (Wildman–Crippen MR) is 60.6 cm³/mol. The van der Waals surface area contributed by atoms with E-state index in [0.717, 1.165) is 25.9 Å². The van der Waals surface area contributed by atoms with Gasteiger partial charge < -0.3 is 10.6 Å². The van der Waals surface area contributed by atoms with Gasteiger partial charge in [-0.05, 0) is 39.2 Å². The number of piperidine rings is 1. The summed E-state index contributed by atoms with van der Waals surface area (Å²) >= 11 is 0. The average molecular weight is 210 g/mol. The molecule has 1 heterocycles. The second-order valence-electron chi connectivity index (χ2n) is 5.30. The summed E-state index contributed by atoms with van der Waals surface area (Å²) in [6, 6.07) is 0.455. The maximum absolute atomic E-state index is 12.1. The van der Waals surface area contributed by atoms with Crippen molar-refractivity contribution in [1.82, 2.24) is 10.6 Å². The summed E-state index contributed by atoms with van der Waals surface area (Å²) in [5.41, 5.74) is -0.166. The van der Waals surface area contributed by atoms with E-state index in [-0.39, 0.29) is 11.3 Å². The molecule has 1 aliphatic carbocycles. The Kier molecular flexibility index (Phi) is 3.29. The number of hydrogen-bond acceptors (Lipinski definition) is 2. The van der Waals surface area contributed by atoms with Crippen LogP contribution in [0.3, 0.4) is 0 Å². The highest BCUT2D eigenvalue weighted by atomic mass is 16.2. The van der Waals surface area contributed by atoms with Crippen molar-refractivity contribution in [1.29, 1.82) is 0 Å². The zero-order valence-corrected chi connectivity index (χ0v) is 9.64. The molecule has 0 aromatic rings. The van der Waals surface area contributed by atoms with Crippen LogP contribution in [0.25, 0.3) is 0 Å². The molecular formula is C12H22N2O. The topological polar surface area (TPSA) is 41.1 Å². The molecule has 3 nitrogen and oxygen atoms in total. The van der Waals surface area contributed by atoms with E-state index in [4.69, 9.17) is 0 Å². The van der Waals surface area contributed by atoms with E-state index in [2.05, 4.69) is 17.6 Å². The van der Waals surface area contributed by atoms with Crippen molar-refractivity contribution in [2.45, 2.75) is 51.5 Å². The van der Waals surface area contributed by atoms with Crippen LogP contribution >= 0.6 is 0 Å². The van der Waals surface area contributed by atoms with E-state index in [9.17, 15) is 4.79 Å². The molecule has 15 heavy (non-hydrogen) atoms. The van der Waals surface area contributed by atoms with Crippen LogP contribution in [0.4, 0.5) is 0 Å². The summed E-state index contributed by atoms with van der Waals surface area (Å²) in [5, 5.41) is 6.53. The summed E-state index contributed by atoms with van der Waals surface area (Å²) in [6.45, 7) is 3.99. The van der Waals surface area contributed by atoms with Crippen molar-refractivity contribution in [2.24, 2.45) is 5.41 Å². The first-order chi connectivity index (χ1) is 7.21. The van der Waals surface area contributed by atoms with Crippen molar-refractivity contribution < 1.29 is 4.79 Å². The molecule has 3 heteroatoms. The van der Waals surface area contributed by atoms with Gasteiger partial charge in [0.25, 0.3) is 0 Å². The van der Waals surface area contributed by atoms with Crippen LogP contribution in [0.5, 0.6) is 0 Å². The first-order valence-electron chi connectivity index (χ1n) is 6.22. The minimum Gasteiger partial charge on any atom is -0.353 e. The monoisotopic (exact) mass is 210 g/mol. The Labute approximate surface area is 92.0 Å². The van der Waals surface area contributed by atoms with Crippen LogP contribution < -0.4 is 10.6 Å². The molecule has 0 radical (unpaired) electrons. The standard InChI is InChI=1S/C12H22N2O/c1-12(7-4-8-13-9-12)11(15)14-10-5-2-3-6-10/h10,13H,2-9H2,1H3,(H,14,15)/t12-/m1/s1. The van der Waals surface area contributed by atoms with Crippen LogP contribution in [0, 0.1) is 5.41 Å². The largest absolute Gasteiger partial charge is 0.353 e. The fourth-order valence-electron chi connectivity index (χ4n) is 2.68. The van der Waals surface area contributed by atoms with Crippen molar-refractivity contribution in [3.63, 3.8) is 0 Å². The molecule has 86 valence electrons. The van der Waals surface area contributed by atoms with Crippen molar-refractivity contribution >= 4 is 5.91 Å². The zero-order valence-electron chi connectivity index (χ0n) is 9.64. The molecule has 1 amide bonds. The summed E-state index contributed by atoms with van der Waals surface area (Å²) in [6.07, 6.45) is 7.05. The lowest BCUT2D eigenvalue weighted by Crippen LogP contribution is -2.50. The Balaban J connectivity index is 1.87. The van der Waals surface area contributed by atoms with Gasteiger partial charge in [0.05, 0.1) is 5.41 Å². The van der Waals surface area contributed by atoms with E-state index in [1.54, 1.807) is 0 Å². The first kappa shape index (κ1) is 10.9. The summed E-state index contributed by atoms with van der Waals surface area (Å²) < 4.78 is 0. The van der Waals surface area contributed by atoms with Crippen LogP contribution in [-0.4, -0.2) is 25.0 Å². The van der Waals surface area contributed by atoms with Crippen molar-refractivity contribution in [3.05, 3.63) is 0 Å². The first-order valence-corrected chi connectivity index (χ1v) is 6.22. The summed E-state index contributed by atoms with van der Waals surface area (Å²) in [4.78, 5) is 12.1. The molecule has 2 fully saturated rings. The third-order valence-corrected chi connectivity index (χ3v) is 3.84. The fraction of sp³-hybridized carbons (Fsp3) is 0.917. The molecule has 1 atom stereocenters. The molecule has 1 saturated carbocycles. The normalized spacial score (nSPS) is 32.9. The van der Waals surface area contributed by atoms with E-state index in [1.807, 2.05) is 0 Å². The molecule has 0 aromatic heterocycles. The fourth-order valence-corrected chi connectivity index (χ4v) is 2.68. The number of rotatable bonds is 2. The molecular weight excluding hydrogens is 188 g/mol. The molecule has 0 spiro atoms. The number of amides is 1.